The number of carbonyl (C=O) groups excluding carboxylic acids is 2. The molecule has 3 N–H and O–H groups in total. The summed E-state index contributed by atoms with van der Waals surface area (Å²) in [4.78, 5) is 24.1. The van der Waals surface area contributed by atoms with Gasteiger partial charge in [-0.1, -0.05) is 13.8 Å². The van der Waals surface area contributed by atoms with Crippen LogP contribution in [0.5, 0.6) is 0 Å². The summed E-state index contributed by atoms with van der Waals surface area (Å²) in [6.07, 6.45) is 2.71. The van der Waals surface area contributed by atoms with Crippen molar-refractivity contribution in [2.75, 3.05) is 25.0 Å². The van der Waals surface area contributed by atoms with Gasteiger partial charge in [0, 0.05) is 24.2 Å². The largest absolute Gasteiger partial charge is 0.352 e. The summed E-state index contributed by atoms with van der Waals surface area (Å²) in [6, 6.07) is 5.41. The van der Waals surface area contributed by atoms with Gasteiger partial charge in [-0.25, -0.2) is 0 Å². The van der Waals surface area contributed by atoms with Crippen molar-refractivity contribution in [3.05, 3.63) is 29.3 Å². The Morgan fingerprint density at radius 1 is 1.33 bits per heavy atom. The van der Waals surface area contributed by atoms with Gasteiger partial charge in [0.1, 0.15) is 0 Å². The molecule has 1 aliphatic rings. The summed E-state index contributed by atoms with van der Waals surface area (Å²) in [5.41, 5.74) is 2.31. The minimum absolute atomic E-state index is 0.00970. The van der Waals surface area contributed by atoms with Crippen LogP contribution in [-0.2, 0) is 4.79 Å². The van der Waals surface area contributed by atoms with Gasteiger partial charge in [0.25, 0.3) is 5.91 Å². The van der Waals surface area contributed by atoms with Crippen molar-refractivity contribution in [3.63, 3.8) is 0 Å². The molecule has 1 unspecified atom stereocenters. The molecule has 132 valence electrons. The SMILES string of the molecule is Cc1cc(C(=O)NCCC2CCNC2)ccc1NC(=O)CC(C)C. The molecule has 1 fully saturated rings. The van der Waals surface area contributed by atoms with Crippen LogP contribution in [-0.4, -0.2) is 31.4 Å². The first-order chi connectivity index (χ1) is 11.5. The molecule has 0 aliphatic carbocycles. The lowest BCUT2D eigenvalue weighted by Gasteiger charge is -2.12. The van der Waals surface area contributed by atoms with Crippen LogP contribution in [0.4, 0.5) is 5.69 Å². The van der Waals surface area contributed by atoms with Gasteiger partial charge in [0.15, 0.2) is 0 Å². The Balaban J connectivity index is 1.85. The number of anilines is 1. The van der Waals surface area contributed by atoms with E-state index in [9.17, 15) is 9.59 Å². The molecule has 1 aromatic carbocycles. The number of amides is 2. The fourth-order valence-corrected chi connectivity index (χ4v) is 2.97. The molecule has 1 aliphatic heterocycles. The summed E-state index contributed by atoms with van der Waals surface area (Å²) in [5.74, 6) is 0.954. The van der Waals surface area contributed by atoms with Crippen molar-refractivity contribution in [1.82, 2.24) is 10.6 Å². The van der Waals surface area contributed by atoms with Crippen LogP contribution < -0.4 is 16.0 Å². The molecule has 1 heterocycles. The average molecular weight is 331 g/mol. The van der Waals surface area contributed by atoms with E-state index in [1.165, 1.54) is 6.42 Å². The number of hydrogen-bond acceptors (Lipinski definition) is 3. The average Bonchev–Trinajstić information content (AvgIpc) is 3.01. The normalized spacial score (nSPS) is 17.1. The smallest absolute Gasteiger partial charge is 0.251 e. The lowest BCUT2D eigenvalue weighted by molar-refractivity contribution is -0.116. The molecule has 1 aromatic rings. The molecule has 0 spiro atoms. The van der Waals surface area contributed by atoms with Crippen molar-refractivity contribution < 1.29 is 9.59 Å². The summed E-state index contributed by atoms with van der Waals surface area (Å²) in [5, 5.41) is 9.23. The summed E-state index contributed by atoms with van der Waals surface area (Å²) in [7, 11) is 0. The first kappa shape index (κ1) is 18.5. The molecular formula is C19H29N3O2. The maximum atomic E-state index is 12.2. The zero-order valence-electron chi connectivity index (χ0n) is 14.9. The summed E-state index contributed by atoms with van der Waals surface area (Å²) >= 11 is 0. The van der Waals surface area contributed by atoms with E-state index in [4.69, 9.17) is 0 Å². The van der Waals surface area contributed by atoms with E-state index in [1.54, 1.807) is 6.07 Å². The van der Waals surface area contributed by atoms with Crippen LogP contribution in [0.3, 0.4) is 0 Å². The number of nitrogens with one attached hydrogen (secondary N) is 3. The predicted molar refractivity (Wildman–Crippen MR) is 97.2 cm³/mol. The van der Waals surface area contributed by atoms with Crippen LogP contribution in [0.1, 0.15) is 49.0 Å². The zero-order chi connectivity index (χ0) is 17.5. The van der Waals surface area contributed by atoms with Crippen LogP contribution >= 0.6 is 0 Å². The Labute approximate surface area is 144 Å². The van der Waals surface area contributed by atoms with E-state index in [2.05, 4.69) is 16.0 Å². The second-order valence-corrected chi connectivity index (χ2v) is 7.08. The standard InChI is InChI=1S/C19H29N3O2/c1-13(2)10-18(23)22-17-5-4-16(11-14(17)3)19(24)21-9-7-15-6-8-20-12-15/h4-5,11,13,15,20H,6-10,12H2,1-3H3,(H,21,24)(H,22,23). The van der Waals surface area contributed by atoms with E-state index in [-0.39, 0.29) is 11.8 Å². The topological polar surface area (TPSA) is 70.2 Å². The second-order valence-electron chi connectivity index (χ2n) is 7.08. The summed E-state index contributed by atoms with van der Waals surface area (Å²) in [6.45, 7) is 8.79. The predicted octanol–water partition coefficient (Wildman–Crippen LogP) is 2.71. The Kier molecular flexibility index (Phi) is 6.79. The highest BCUT2D eigenvalue weighted by atomic mass is 16.2. The third-order valence-electron chi connectivity index (χ3n) is 4.36. The van der Waals surface area contributed by atoms with Crippen molar-refractivity contribution in [2.45, 2.75) is 40.0 Å². The van der Waals surface area contributed by atoms with Crippen molar-refractivity contribution in [3.8, 4) is 0 Å². The van der Waals surface area contributed by atoms with Gasteiger partial charge in [0.05, 0.1) is 0 Å². The Morgan fingerprint density at radius 2 is 2.12 bits per heavy atom. The van der Waals surface area contributed by atoms with Crippen molar-refractivity contribution >= 4 is 17.5 Å². The number of benzene rings is 1. The highest BCUT2D eigenvalue weighted by Crippen LogP contribution is 2.18. The van der Waals surface area contributed by atoms with E-state index >= 15 is 0 Å². The van der Waals surface area contributed by atoms with Crippen molar-refractivity contribution in [1.29, 1.82) is 0 Å². The van der Waals surface area contributed by atoms with Gasteiger partial charge in [0.2, 0.25) is 5.91 Å². The summed E-state index contributed by atoms with van der Waals surface area (Å²) < 4.78 is 0. The maximum absolute atomic E-state index is 12.2. The van der Waals surface area contributed by atoms with E-state index < -0.39 is 0 Å². The molecule has 5 nitrogen and oxygen atoms in total. The number of hydrogen-bond donors (Lipinski definition) is 3. The molecule has 1 atom stereocenters. The van der Waals surface area contributed by atoms with Crippen LogP contribution in [0.2, 0.25) is 0 Å². The van der Waals surface area contributed by atoms with Gasteiger partial charge in [-0.15, -0.1) is 0 Å². The van der Waals surface area contributed by atoms with E-state index in [0.29, 0.717) is 30.4 Å². The first-order valence-electron chi connectivity index (χ1n) is 8.85. The first-order valence-corrected chi connectivity index (χ1v) is 8.85. The molecule has 2 amide bonds. The van der Waals surface area contributed by atoms with Gasteiger partial charge >= 0.3 is 0 Å². The monoisotopic (exact) mass is 331 g/mol. The molecule has 1 saturated heterocycles. The van der Waals surface area contributed by atoms with Crippen molar-refractivity contribution in [2.24, 2.45) is 11.8 Å². The molecule has 2 rings (SSSR count). The van der Waals surface area contributed by atoms with E-state index in [1.807, 2.05) is 32.9 Å². The number of aryl methyl sites for hydroxylation is 1. The molecule has 24 heavy (non-hydrogen) atoms. The lowest BCUT2D eigenvalue weighted by Crippen LogP contribution is -2.26. The van der Waals surface area contributed by atoms with Gasteiger partial charge in [-0.2, -0.15) is 0 Å². The molecule has 0 saturated carbocycles. The number of rotatable bonds is 7. The highest BCUT2D eigenvalue weighted by Gasteiger charge is 2.15. The third-order valence-corrected chi connectivity index (χ3v) is 4.36. The minimum Gasteiger partial charge on any atom is -0.352 e. The zero-order valence-corrected chi connectivity index (χ0v) is 14.9. The third kappa shape index (κ3) is 5.64. The molecular weight excluding hydrogens is 302 g/mol. The van der Waals surface area contributed by atoms with Gasteiger partial charge in [-0.05, 0) is 68.5 Å². The quantitative estimate of drug-likeness (QED) is 0.719. The van der Waals surface area contributed by atoms with Gasteiger partial charge < -0.3 is 16.0 Å². The Bertz CT molecular complexity index is 578. The maximum Gasteiger partial charge on any atom is 0.251 e. The Morgan fingerprint density at radius 3 is 2.75 bits per heavy atom. The fraction of sp³-hybridized carbons (Fsp3) is 0.579. The molecule has 0 bridgehead atoms. The van der Waals surface area contributed by atoms with Gasteiger partial charge in [-0.3, -0.25) is 9.59 Å². The van der Waals surface area contributed by atoms with Crippen LogP contribution in [0, 0.1) is 18.8 Å². The minimum atomic E-state index is -0.0517. The van der Waals surface area contributed by atoms with E-state index in [0.717, 1.165) is 30.8 Å². The molecule has 0 radical (unpaired) electrons. The van der Waals surface area contributed by atoms with Crippen LogP contribution in [0.25, 0.3) is 0 Å². The highest BCUT2D eigenvalue weighted by molar-refractivity contribution is 5.96. The molecule has 5 heteroatoms. The van der Waals surface area contributed by atoms with Crippen LogP contribution in [0.15, 0.2) is 18.2 Å². The number of carbonyl (C=O) groups is 2. The molecule has 0 aromatic heterocycles. The fourth-order valence-electron chi connectivity index (χ4n) is 2.97. The lowest BCUT2D eigenvalue weighted by atomic mass is 10.0. The second kappa shape index (κ2) is 8.83. The Hall–Kier alpha value is -1.88.